The van der Waals surface area contributed by atoms with Crippen LogP contribution in [-0.2, 0) is 12.8 Å². The third-order valence-electron chi connectivity index (χ3n) is 2.34. The number of aliphatic hydroxyl groups is 1. The normalized spacial score (nSPS) is 12.7. The molecule has 0 aliphatic heterocycles. The molecule has 1 aromatic carbocycles. The molecule has 0 radical (unpaired) electrons. The van der Waals surface area contributed by atoms with Gasteiger partial charge in [-0.2, -0.15) is 4.98 Å². The van der Waals surface area contributed by atoms with Crippen LogP contribution in [0.5, 0.6) is 0 Å². The molecule has 0 aliphatic rings. The SMILES string of the molecule is CC(O)Cc1nc(Cc2ccc(Cl)cc2Cl)no1. The van der Waals surface area contributed by atoms with Crippen LogP contribution < -0.4 is 0 Å². The van der Waals surface area contributed by atoms with Crippen molar-refractivity contribution in [1.29, 1.82) is 0 Å². The van der Waals surface area contributed by atoms with Gasteiger partial charge in [0.15, 0.2) is 5.82 Å². The molecule has 0 amide bonds. The molecule has 1 aromatic heterocycles. The maximum atomic E-state index is 9.22. The first-order chi connectivity index (χ1) is 8.54. The monoisotopic (exact) mass is 286 g/mol. The Morgan fingerprint density at radius 2 is 2.17 bits per heavy atom. The van der Waals surface area contributed by atoms with Crippen LogP contribution in [0, 0.1) is 0 Å². The molecule has 0 aliphatic carbocycles. The number of nitrogens with zero attached hydrogens (tertiary/aromatic N) is 2. The number of halogens is 2. The summed E-state index contributed by atoms with van der Waals surface area (Å²) < 4.78 is 5.02. The van der Waals surface area contributed by atoms with E-state index < -0.39 is 6.10 Å². The fourth-order valence-corrected chi connectivity index (χ4v) is 2.01. The van der Waals surface area contributed by atoms with Gasteiger partial charge in [0, 0.05) is 16.5 Å². The highest BCUT2D eigenvalue weighted by molar-refractivity contribution is 6.35. The van der Waals surface area contributed by atoms with E-state index in [0.29, 0.717) is 34.6 Å². The topological polar surface area (TPSA) is 59.2 Å². The Kier molecular flexibility index (Phi) is 4.22. The molecule has 0 spiro atoms. The predicted molar refractivity (Wildman–Crippen MR) is 69.0 cm³/mol. The summed E-state index contributed by atoms with van der Waals surface area (Å²) >= 11 is 11.9. The molecule has 96 valence electrons. The van der Waals surface area contributed by atoms with E-state index >= 15 is 0 Å². The van der Waals surface area contributed by atoms with Crippen molar-refractivity contribution < 1.29 is 9.63 Å². The lowest BCUT2D eigenvalue weighted by molar-refractivity contribution is 0.181. The molecule has 1 N–H and O–H groups in total. The summed E-state index contributed by atoms with van der Waals surface area (Å²) in [5, 5.41) is 14.2. The standard InChI is InChI=1S/C12H12Cl2N2O2/c1-7(17)4-12-15-11(16-18-12)5-8-2-3-9(13)6-10(8)14/h2-3,6-7,17H,4-5H2,1H3. The maximum Gasteiger partial charge on any atom is 0.229 e. The van der Waals surface area contributed by atoms with Crippen molar-refractivity contribution in [1.82, 2.24) is 10.1 Å². The van der Waals surface area contributed by atoms with Crippen molar-refractivity contribution in [2.24, 2.45) is 0 Å². The zero-order valence-electron chi connectivity index (χ0n) is 9.73. The smallest absolute Gasteiger partial charge is 0.229 e. The molecular formula is C12H12Cl2N2O2. The summed E-state index contributed by atoms with van der Waals surface area (Å²) in [5.41, 5.74) is 0.880. The lowest BCUT2D eigenvalue weighted by Crippen LogP contribution is -2.04. The predicted octanol–water partition coefficient (Wildman–Crippen LogP) is 2.89. The van der Waals surface area contributed by atoms with Crippen LogP contribution in [0.3, 0.4) is 0 Å². The Morgan fingerprint density at radius 3 is 2.83 bits per heavy atom. The second-order valence-corrected chi connectivity index (χ2v) is 4.91. The van der Waals surface area contributed by atoms with Crippen LogP contribution in [0.25, 0.3) is 0 Å². The van der Waals surface area contributed by atoms with Crippen molar-refractivity contribution in [3.05, 3.63) is 45.5 Å². The Morgan fingerprint density at radius 1 is 1.39 bits per heavy atom. The minimum absolute atomic E-state index is 0.349. The largest absolute Gasteiger partial charge is 0.393 e. The van der Waals surface area contributed by atoms with E-state index in [2.05, 4.69) is 10.1 Å². The molecule has 2 aromatic rings. The Hall–Kier alpha value is -1.10. The maximum absolute atomic E-state index is 9.22. The van der Waals surface area contributed by atoms with Crippen LogP contribution >= 0.6 is 23.2 Å². The van der Waals surface area contributed by atoms with Gasteiger partial charge in [0.1, 0.15) is 0 Å². The van der Waals surface area contributed by atoms with Gasteiger partial charge in [-0.3, -0.25) is 0 Å². The number of hydrogen-bond acceptors (Lipinski definition) is 4. The third-order valence-corrected chi connectivity index (χ3v) is 2.93. The van der Waals surface area contributed by atoms with E-state index in [1.165, 1.54) is 0 Å². The lowest BCUT2D eigenvalue weighted by Gasteiger charge is -2.01. The molecule has 0 fully saturated rings. The van der Waals surface area contributed by atoms with E-state index in [0.717, 1.165) is 5.56 Å². The van der Waals surface area contributed by atoms with E-state index in [4.69, 9.17) is 27.7 Å². The van der Waals surface area contributed by atoms with Crippen LogP contribution in [0.4, 0.5) is 0 Å². The summed E-state index contributed by atoms with van der Waals surface area (Å²) in [6, 6.07) is 5.27. The van der Waals surface area contributed by atoms with Gasteiger partial charge in [-0.1, -0.05) is 34.4 Å². The van der Waals surface area contributed by atoms with E-state index in [9.17, 15) is 5.11 Å². The van der Waals surface area contributed by atoms with Crippen LogP contribution in [0.15, 0.2) is 22.7 Å². The zero-order chi connectivity index (χ0) is 13.1. The van der Waals surface area contributed by atoms with E-state index in [1.54, 1.807) is 19.1 Å². The van der Waals surface area contributed by atoms with Crippen molar-refractivity contribution >= 4 is 23.2 Å². The van der Waals surface area contributed by atoms with Gasteiger partial charge < -0.3 is 9.63 Å². The van der Waals surface area contributed by atoms with Crippen LogP contribution in [0.2, 0.25) is 10.0 Å². The average Bonchev–Trinajstić information content (AvgIpc) is 2.69. The fraction of sp³-hybridized carbons (Fsp3) is 0.333. The van der Waals surface area contributed by atoms with Gasteiger partial charge >= 0.3 is 0 Å². The Balaban J connectivity index is 2.11. The number of benzene rings is 1. The third kappa shape index (κ3) is 3.45. The van der Waals surface area contributed by atoms with Gasteiger partial charge in [-0.15, -0.1) is 0 Å². The van der Waals surface area contributed by atoms with Gasteiger partial charge in [0.2, 0.25) is 5.89 Å². The summed E-state index contributed by atoms with van der Waals surface area (Å²) in [7, 11) is 0. The van der Waals surface area contributed by atoms with Crippen molar-refractivity contribution in [2.45, 2.75) is 25.9 Å². The lowest BCUT2D eigenvalue weighted by atomic mass is 10.1. The summed E-state index contributed by atoms with van der Waals surface area (Å²) in [4.78, 5) is 4.18. The number of aliphatic hydroxyl groups excluding tert-OH is 1. The van der Waals surface area contributed by atoms with Crippen molar-refractivity contribution in [3.8, 4) is 0 Å². The van der Waals surface area contributed by atoms with Crippen molar-refractivity contribution in [3.63, 3.8) is 0 Å². The highest BCUT2D eigenvalue weighted by atomic mass is 35.5. The van der Waals surface area contributed by atoms with Crippen LogP contribution in [-0.4, -0.2) is 21.4 Å². The first-order valence-corrected chi connectivity index (χ1v) is 6.23. The highest BCUT2D eigenvalue weighted by Gasteiger charge is 2.11. The second-order valence-electron chi connectivity index (χ2n) is 4.07. The Labute approximate surface area is 115 Å². The first kappa shape index (κ1) is 13.3. The summed E-state index contributed by atoms with van der Waals surface area (Å²) in [6.45, 7) is 1.67. The quantitative estimate of drug-likeness (QED) is 0.939. The molecule has 1 unspecified atom stereocenters. The number of hydrogen-bond donors (Lipinski definition) is 1. The average molecular weight is 287 g/mol. The van der Waals surface area contributed by atoms with Crippen molar-refractivity contribution in [2.75, 3.05) is 0 Å². The van der Waals surface area contributed by atoms with Crippen LogP contribution in [0.1, 0.15) is 24.2 Å². The zero-order valence-corrected chi connectivity index (χ0v) is 11.2. The van der Waals surface area contributed by atoms with E-state index in [1.807, 2.05) is 6.07 Å². The molecule has 1 heterocycles. The molecule has 6 heteroatoms. The van der Waals surface area contributed by atoms with Gasteiger partial charge in [-0.25, -0.2) is 0 Å². The molecular weight excluding hydrogens is 275 g/mol. The summed E-state index contributed by atoms with van der Waals surface area (Å²) in [6.07, 6.45) is 0.318. The molecule has 0 bridgehead atoms. The highest BCUT2D eigenvalue weighted by Crippen LogP contribution is 2.22. The minimum atomic E-state index is -0.502. The minimum Gasteiger partial charge on any atom is -0.393 e. The Bertz CT molecular complexity index is 541. The fourth-order valence-electron chi connectivity index (χ4n) is 1.53. The molecule has 0 saturated heterocycles. The number of rotatable bonds is 4. The molecule has 2 rings (SSSR count). The second kappa shape index (κ2) is 5.69. The van der Waals surface area contributed by atoms with Gasteiger partial charge in [0.05, 0.1) is 12.5 Å². The summed E-state index contributed by atoms with van der Waals surface area (Å²) in [5.74, 6) is 0.958. The molecule has 18 heavy (non-hydrogen) atoms. The molecule has 0 saturated carbocycles. The van der Waals surface area contributed by atoms with Gasteiger partial charge in [0.25, 0.3) is 0 Å². The molecule has 1 atom stereocenters. The van der Waals surface area contributed by atoms with Gasteiger partial charge in [-0.05, 0) is 24.6 Å². The molecule has 4 nitrogen and oxygen atoms in total. The first-order valence-electron chi connectivity index (χ1n) is 5.48. The van der Waals surface area contributed by atoms with E-state index in [-0.39, 0.29) is 0 Å². The number of aromatic nitrogens is 2.